The van der Waals surface area contributed by atoms with Crippen molar-refractivity contribution >= 4 is 12.0 Å². The van der Waals surface area contributed by atoms with Gasteiger partial charge in [0.2, 0.25) is 0 Å². The first-order valence-electron chi connectivity index (χ1n) is 8.50. The average Bonchev–Trinajstić information content (AvgIpc) is 3.16. The lowest BCUT2D eigenvalue weighted by molar-refractivity contribution is -0.117. The number of rotatable bonds is 6. The van der Waals surface area contributed by atoms with Crippen LogP contribution in [0.2, 0.25) is 0 Å². The van der Waals surface area contributed by atoms with Crippen LogP contribution in [0.25, 0.3) is 6.08 Å². The second-order valence-corrected chi connectivity index (χ2v) is 6.02. The highest BCUT2D eigenvalue weighted by molar-refractivity contribution is 5.98. The second-order valence-electron chi connectivity index (χ2n) is 6.02. The predicted molar refractivity (Wildman–Crippen MR) is 98.1 cm³/mol. The number of carbonyl (C=O) groups is 1. The van der Waals surface area contributed by atoms with Crippen LogP contribution in [-0.2, 0) is 11.3 Å². The van der Waals surface area contributed by atoms with Gasteiger partial charge in [0, 0.05) is 31.0 Å². The lowest BCUT2D eigenvalue weighted by Crippen LogP contribution is -2.27. The van der Waals surface area contributed by atoms with Crippen LogP contribution in [-0.4, -0.2) is 28.1 Å². The molecule has 1 unspecified atom stereocenters. The molecular formula is C20H20N4O2. The fourth-order valence-electron chi connectivity index (χ4n) is 2.71. The van der Waals surface area contributed by atoms with Crippen molar-refractivity contribution in [2.75, 3.05) is 6.54 Å². The van der Waals surface area contributed by atoms with Crippen LogP contribution >= 0.6 is 0 Å². The Morgan fingerprint density at radius 3 is 3.08 bits per heavy atom. The highest BCUT2D eigenvalue weighted by Crippen LogP contribution is 2.30. The summed E-state index contributed by atoms with van der Waals surface area (Å²) in [6.45, 7) is 3.15. The van der Waals surface area contributed by atoms with Gasteiger partial charge >= 0.3 is 0 Å². The van der Waals surface area contributed by atoms with Crippen LogP contribution in [0, 0.1) is 11.3 Å². The van der Waals surface area contributed by atoms with Gasteiger partial charge in [-0.05, 0) is 37.1 Å². The van der Waals surface area contributed by atoms with E-state index in [0.29, 0.717) is 6.54 Å². The Kier molecular flexibility index (Phi) is 5.49. The second kappa shape index (κ2) is 8.17. The normalized spacial score (nSPS) is 16.1. The molecule has 26 heavy (non-hydrogen) atoms. The Hall–Kier alpha value is -3.33. The molecule has 0 saturated heterocycles. The molecular weight excluding hydrogens is 328 g/mol. The predicted octanol–water partition coefficient (Wildman–Crippen LogP) is 2.70. The van der Waals surface area contributed by atoms with Crippen molar-refractivity contribution in [1.29, 1.82) is 5.26 Å². The van der Waals surface area contributed by atoms with Crippen LogP contribution in [0.1, 0.15) is 18.9 Å². The van der Waals surface area contributed by atoms with Gasteiger partial charge < -0.3 is 14.6 Å². The molecule has 0 fully saturated rings. The maximum atomic E-state index is 12.3. The summed E-state index contributed by atoms with van der Waals surface area (Å²) < 4.78 is 7.79. The Bertz CT molecular complexity index is 875. The molecule has 0 bridgehead atoms. The molecule has 132 valence electrons. The number of para-hydroxylation sites is 1. The molecule has 6 heteroatoms. The molecule has 1 aromatic carbocycles. The first-order valence-corrected chi connectivity index (χ1v) is 8.50. The van der Waals surface area contributed by atoms with Crippen LogP contribution in [0.5, 0.6) is 5.75 Å². The van der Waals surface area contributed by atoms with Crippen LogP contribution in [0.4, 0.5) is 0 Å². The van der Waals surface area contributed by atoms with Gasteiger partial charge in [0.15, 0.2) is 0 Å². The molecule has 2 heterocycles. The molecule has 0 aliphatic carbocycles. The zero-order valence-electron chi connectivity index (χ0n) is 14.6. The summed E-state index contributed by atoms with van der Waals surface area (Å²) in [6.07, 6.45) is 9.42. The number of carbonyl (C=O) groups excluding carboxylic acids is 1. The third-order valence-corrected chi connectivity index (χ3v) is 4.13. The number of amides is 1. The zero-order chi connectivity index (χ0) is 18.4. The SMILES string of the molecule is CC1Oc2ccccc2C=C1C=C(C#N)C(=O)NCCCn1ccnc1. The van der Waals surface area contributed by atoms with Crippen molar-refractivity contribution in [3.8, 4) is 11.8 Å². The summed E-state index contributed by atoms with van der Waals surface area (Å²) in [5, 5.41) is 12.1. The number of ether oxygens (including phenoxy) is 1. The smallest absolute Gasteiger partial charge is 0.261 e. The highest BCUT2D eigenvalue weighted by atomic mass is 16.5. The maximum absolute atomic E-state index is 12.3. The third-order valence-electron chi connectivity index (χ3n) is 4.13. The summed E-state index contributed by atoms with van der Waals surface area (Å²) in [4.78, 5) is 16.2. The van der Waals surface area contributed by atoms with Crippen molar-refractivity contribution in [1.82, 2.24) is 14.9 Å². The monoisotopic (exact) mass is 348 g/mol. The summed E-state index contributed by atoms with van der Waals surface area (Å²) in [5.41, 5.74) is 1.82. The highest BCUT2D eigenvalue weighted by Gasteiger charge is 2.19. The van der Waals surface area contributed by atoms with Gasteiger partial charge in [0.05, 0.1) is 6.33 Å². The van der Waals surface area contributed by atoms with E-state index in [0.717, 1.165) is 29.9 Å². The maximum Gasteiger partial charge on any atom is 0.261 e. The van der Waals surface area contributed by atoms with Gasteiger partial charge in [0.1, 0.15) is 23.5 Å². The topological polar surface area (TPSA) is 79.9 Å². The lowest BCUT2D eigenvalue weighted by atomic mass is 10.0. The van der Waals surface area contributed by atoms with Crippen LogP contribution in [0.3, 0.4) is 0 Å². The Labute approximate surface area is 152 Å². The van der Waals surface area contributed by atoms with E-state index in [2.05, 4.69) is 10.3 Å². The summed E-state index contributed by atoms with van der Waals surface area (Å²) in [5.74, 6) is 0.435. The Morgan fingerprint density at radius 2 is 2.31 bits per heavy atom. The minimum absolute atomic E-state index is 0.0775. The minimum Gasteiger partial charge on any atom is -0.485 e. The van der Waals surface area contributed by atoms with E-state index < -0.39 is 0 Å². The van der Waals surface area contributed by atoms with Crippen molar-refractivity contribution in [2.24, 2.45) is 0 Å². The summed E-state index contributed by atoms with van der Waals surface area (Å²) >= 11 is 0. The fourth-order valence-corrected chi connectivity index (χ4v) is 2.71. The van der Waals surface area contributed by atoms with E-state index in [9.17, 15) is 10.1 Å². The Morgan fingerprint density at radius 1 is 1.46 bits per heavy atom. The van der Waals surface area contributed by atoms with Crippen molar-refractivity contribution in [2.45, 2.75) is 26.0 Å². The number of aromatic nitrogens is 2. The number of nitriles is 1. The van der Waals surface area contributed by atoms with Crippen molar-refractivity contribution < 1.29 is 9.53 Å². The molecule has 1 aliphatic rings. The molecule has 0 radical (unpaired) electrons. The molecule has 1 aliphatic heterocycles. The van der Waals surface area contributed by atoms with Gasteiger partial charge in [-0.25, -0.2) is 4.98 Å². The van der Waals surface area contributed by atoms with E-state index in [4.69, 9.17) is 4.74 Å². The quantitative estimate of drug-likeness (QED) is 0.494. The number of nitrogens with one attached hydrogen (secondary N) is 1. The van der Waals surface area contributed by atoms with Crippen LogP contribution < -0.4 is 10.1 Å². The largest absolute Gasteiger partial charge is 0.485 e. The molecule has 0 spiro atoms. The summed E-state index contributed by atoms with van der Waals surface area (Å²) in [7, 11) is 0. The third kappa shape index (κ3) is 4.19. The molecule has 0 saturated carbocycles. The number of hydrogen-bond donors (Lipinski definition) is 1. The first kappa shape index (κ1) is 17.5. The zero-order valence-corrected chi connectivity index (χ0v) is 14.6. The molecule has 6 nitrogen and oxygen atoms in total. The molecule has 1 amide bonds. The summed E-state index contributed by atoms with van der Waals surface area (Å²) in [6, 6.07) is 9.67. The molecule has 1 aromatic heterocycles. The first-order chi connectivity index (χ1) is 12.7. The molecule has 1 atom stereocenters. The Balaban J connectivity index is 1.63. The average molecular weight is 348 g/mol. The van der Waals surface area contributed by atoms with Gasteiger partial charge in [-0.3, -0.25) is 4.79 Å². The van der Waals surface area contributed by atoms with E-state index >= 15 is 0 Å². The van der Waals surface area contributed by atoms with Crippen LogP contribution in [0.15, 0.2) is 60.2 Å². The lowest BCUT2D eigenvalue weighted by Gasteiger charge is -2.23. The number of benzene rings is 1. The molecule has 1 N–H and O–H groups in total. The van der Waals surface area contributed by atoms with Crippen molar-refractivity contribution in [3.05, 3.63) is 65.8 Å². The number of fused-ring (bicyclic) bond motifs is 1. The number of hydrogen-bond acceptors (Lipinski definition) is 4. The van der Waals surface area contributed by atoms with E-state index in [1.54, 1.807) is 18.6 Å². The van der Waals surface area contributed by atoms with Gasteiger partial charge in [0.25, 0.3) is 5.91 Å². The van der Waals surface area contributed by atoms with Gasteiger partial charge in [-0.15, -0.1) is 0 Å². The molecule has 3 rings (SSSR count). The van der Waals surface area contributed by atoms with E-state index in [-0.39, 0.29) is 17.6 Å². The van der Waals surface area contributed by atoms with Gasteiger partial charge in [-0.1, -0.05) is 18.2 Å². The van der Waals surface area contributed by atoms with E-state index in [1.165, 1.54) is 0 Å². The minimum atomic E-state index is -0.370. The number of aryl methyl sites for hydroxylation is 1. The standard InChI is InChI=1S/C20H20N4O2/c1-15-17(11-16-5-2-3-6-19(16)26-15)12-18(13-21)20(25)23-7-4-9-24-10-8-22-14-24/h2-3,5-6,8,10-12,14-15H,4,7,9H2,1H3,(H,23,25). The molecule has 2 aromatic rings. The van der Waals surface area contributed by atoms with E-state index in [1.807, 2.05) is 54.1 Å². The fraction of sp³-hybridized carbons (Fsp3) is 0.250. The number of nitrogens with zero attached hydrogens (tertiary/aromatic N) is 3. The van der Waals surface area contributed by atoms with Crippen molar-refractivity contribution in [3.63, 3.8) is 0 Å². The number of imidazole rings is 1. The van der Waals surface area contributed by atoms with Gasteiger partial charge in [-0.2, -0.15) is 5.26 Å².